The number of ether oxygens (including phenoxy) is 1. The summed E-state index contributed by atoms with van der Waals surface area (Å²) in [5.74, 6) is 0.114. The summed E-state index contributed by atoms with van der Waals surface area (Å²) >= 11 is 0. The van der Waals surface area contributed by atoms with E-state index in [1.807, 2.05) is 26.8 Å². The highest BCUT2D eigenvalue weighted by Crippen LogP contribution is 2.32. The Morgan fingerprint density at radius 2 is 1.83 bits per heavy atom. The predicted octanol–water partition coefficient (Wildman–Crippen LogP) is 2.14. The van der Waals surface area contributed by atoms with E-state index in [2.05, 4.69) is 14.6 Å². The van der Waals surface area contributed by atoms with Gasteiger partial charge in [0.2, 0.25) is 5.91 Å². The van der Waals surface area contributed by atoms with Gasteiger partial charge in [0.15, 0.2) is 0 Å². The number of nitrogens with zero attached hydrogens (tertiary/aromatic N) is 4. The first-order chi connectivity index (χ1) is 16.8. The summed E-state index contributed by atoms with van der Waals surface area (Å²) in [6, 6.07) is 1.40. The molecule has 2 N–H and O–H groups in total. The standard InChI is InChI=1S/C22H31N5O8S/c1-22(2,3)34-21(30)25-10-8-14(9-11-25)15-4-7-18(23-12-15)24-19(28)17-6-5-16-13-26(17)20(29)27(16)35-36(31,32)33/h4,7,12,14,16-17H,5-6,8-11,13H2,1-3H3,(H,23,24,28)(H,31,32,33)/t16-,17+/m1/s1. The van der Waals surface area contributed by atoms with Gasteiger partial charge in [0.25, 0.3) is 0 Å². The molecule has 1 aromatic rings. The zero-order valence-electron chi connectivity index (χ0n) is 20.4. The predicted molar refractivity (Wildman–Crippen MR) is 126 cm³/mol. The van der Waals surface area contributed by atoms with Gasteiger partial charge in [-0.05, 0) is 64.0 Å². The zero-order chi connectivity index (χ0) is 26.3. The second-order valence-electron chi connectivity index (χ2n) is 10.2. The second-order valence-corrected chi connectivity index (χ2v) is 11.2. The van der Waals surface area contributed by atoms with E-state index in [-0.39, 0.29) is 18.6 Å². The highest BCUT2D eigenvalue weighted by Gasteiger charge is 2.49. The minimum Gasteiger partial charge on any atom is -0.444 e. The SMILES string of the molecule is CC(C)(C)OC(=O)N1CCC(c2ccc(NC(=O)[C@@H]3CC[C@@H]4CN3C(=O)N4OS(=O)(=O)O)nc2)CC1. The number of rotatable bonds is 5. The molecular weight excluding hydrogens is 494 g/mol. The van der Waals surface area contributed by atoms with Crippen LogP contribution in [0.2, 0.25) is 0 Å². The summed E-state index contributed by atoms with van der Waals surface area (Å²) in [6.07, 6.45) is 3.58. The van der Waals surface area contributed by atoms with Gasteiger partial charge < -0.3 is 19.9 Å². The number of fused-ring (bicyclic) bond motifs is 2. The number of hydroxylamine groups is 2. The lowest BCUT2D eigenvalue weighted by molar-refractivity contribution is -0.120. The summed E-state index contributed by atoms with van der Waals surface area (Å²) in [7, 11) is -4.85. The van der Waals surface area contributed by atoms with Crippen LogP contribution in [0.4, 0.5) is 15.4 Å². The Bertz CT molecular complexity index is 1110. The zero-order valence-corrected chi connectivity index (χ0v) is 21.2. The third-order valence-electron chi connectivity index (χ3n) is 6.46. The maximum Gasteiger partial charge on any atom is 0.418 e. The lowest BCUT2D eigenvalue weighted by Crippen LogP contribution is -2.47. The molecule has 0 spiro atoms. The monoisotopic (exact) mass is 525 g/mol. The molecule has 0 aromatic carbocycles. The van der Waals surface area contributed by atoms with Crippen molar-refractivity contribution in [1.29, 1.82) is 0 Å². The number of piperidine rings is 2. The Balaban J connectivity index is 1.31. The summed E-state index contributed by atoms with van der Waals surface area (Å²) < 4.78 is 40.8. The summed E-state index contributed by atoms with van der Waals surface area (Å²) in [4.78, 5) is 44.9. The molecular formula is C22H31N5O8S. The number of amides is 4. The fourth-order valence-corrected chi connectivity index (χ4v) is 5.14. The van der Waals surface area contributed by atoms with Crippen LogP contribution in [-0.4, -0.2) is 88.2 Å². The third-order valence-corrected chi connectivity index (χ3v) is 6.80. The van der Waals surface area contributed by atoms with Crippen LogP contribution in [-0.2, 0) is 24.2 Å². The number of carbonyl (C=O) groups is 3. The Hall–Kier alpha value is -2.97. The van der Waals surface area contributed by atoms with Crippen molar-refractivity contribution in [3.63, 3.8) is 0 Å². The molecule has 4 amide bonds. The second kappa shape index (κ2) is 9.82. The molecule has 3 fully saturated rings. The largest absolute Gasteiger partial charge is 0.444 e. The van der Waals surface area contributed by atoms with Crippen molar-refractivity contribution < 1.29 is 36.4 Å². The van der Waals surface area contributed by atoms with Crippen LogP contribution in [0.3, 0.4) is 0 Å². The van der Waals surface area contributed by atoms with Crippen molar-refractivity contribution in [3.8, 4) is 0 Å². The van der Waals surface area contributed by atoms with Gasteiger partial charge in [0.05, 0.1) is 6.04 Å². The van der Waals surface area contributed by atoms with Crippen LogP contribution in [0.5, 0.6) is 0 Å². The van der Waals surface area contributed by atoms with Crippen LogP contribution >= 0.6 is 0 Å². The van der Waals surface area contributed by atoms with Crippen LogP contribution in [0.1, 0.15) is 57.9 Å². The van der Waals surface area contributed by atoms with Crippen LogP contribution < -0.4 is 5.32 Å². The number of pyridine rings is 1. The van der Waals surface area contributed by atoms with Gasteiger partial charge in [-0.2, -0.15) is 13.5 Å². The first kappa shape index (κ1) is 26.1. The average Bonchev–Trinajstić information content (AvgIpc) is 3.02. The van der Waals surface area contributed by atoms with E-state index in [0.717, 1.165) is 18.4 Å². The molecule has 1 aromatic heterocycles. The molecule has 198 valence electrons. The number of hydrogen-bond acceptors (Lipinski definition) is 8. The van der Waals surface area contributed by atoms with E-state index in [0.29, 0.717) is 36.8 Å². The van der Waals surface area contributed by atoms with Crippen molar-refractivity contribution in [3.05, 3.63) is 23.9 Å². The highest BCUT2D eigenvalue weighted by molar-refractivity contribution is 7.80. The molecule has 3 aliphatic heterocycles. The quantitative estimate of drug-likeness (QED) is 0.549. The molecule has 4 rings (SSSR count). The first-order valence-electron chi connectivity index (χ1n) is 11.8. The minimum absolute atomic E-state index is 0.112. The van der Waals surface area contributed by atoms with Gasteiger partial charge in [0.1, 0.15) is 17.5 Å². The van der Waals surface area contributed by atoms with E-state index < -0.39 is 40.0 Å². The van der Waals surface area contributed by atoms with E-state index >= 15 is 0 Å². The molecule has 0 aliphatic carbocycles. The Morgan fingerprint density at radius 3 is 2.42 bits per heavy atom. The van der Waals surface area contributed by atoms with Crippen molar-refractivity contribution >= 4 is 34.2 Å². The van der Waals surface area contributed by atoms with Crippen LogP contribution in [0, 0.1) is 0 Å². The maximum absolute atomic E-state index is 12.9. The molecule has 14 heteroatoms. The minimum atomic E-state index is -4.85. The van der Waals surface area contributed by atoms with E-state index in [1.54, 1.807) is 17.2 Å². The summed E-state index contributed by atoms with van der Waals surface area (Å²) in [5, 5.41) is 3.31. The summed E-state index contributed by atoms with van der Waals surface area (Å²) in [5.41, 5.74) is 0.470. The number of aromatic nitrogens is 1. The molecule has 36 heavy (non-hydrogen) atoms. The van der Waals surface area contributed by atoms with Crippen molar-refractivity contribution in [2.45, 2.75) is 70.1 Å². The lowest BCUT2D eigenvalue weighted by Gasteiger charge is -2.33. The molecule has 0 unspecified atom stereocenters. The van der Waals surface area contributed by atoms with Gasteiger partial charge >= 0.3 is 22.5 Å². The number of urea groups is 1. The molecule has 2 atom stereocenters. The topological polar surface area (TPSA) is 159 Å². The van der Waals surface area contributed by atoms with Crippen molar-refractivity contribution in [1.82, 2.24) is 19.8 Å². The maximum atomic E-state index is 12.9. The average molecular weight is 526 g/mol. The molecule has 0 radical (unpaired) electrons. The van der Waals surface area contributed by atoms with Gasteiger partial charge in [0, 0.05) is 25.8 Å². The van der Waals surface area contributed by atoms with Crippen LogP contribution in [0.25, 0.3) is 0 Å². The molecule has 3 aliphatic rings. The smallest absolute Gasteiger partial charge is 0.418 e. The Morgan fingerprint density at radius 1 is 1.14 bits per heavy atom. The normalized spacial score (nSPS) is 23.1. The highest BCUT2D eigenvalue weighted by atomic mass is 32.3. The number of carbonyl (C=O) groups excluding carboxylic acids is 3. The number of nitrogens with one attached hydrogen (secondary N) is 1. The number of anilines is 1. The van der Waals surface area contributed by atoms with E-state index in [1.165, 1.54) is 4.90 Å². The van der Waals surface area contributed by atoms with Gasteiger partial charge in [-0.25, -0.2) is 14.6 Å². The Kier molecular flexibility index (Phi) is 7.12. The van der Waals surface area contributed by atoms with Crippen LogP contribution in [0.15, 0.2) is 18.3 Å². The molecule has 4 heterocycles. The lowest BCUT2D eigenvalue weighted by atomic mass is 9.90. The third kappa shape index (κ3) is 6.05. The number of likely N-dealkylation sites (tertiary alicyclic amines) is 1. The van der Waals surface area contributed by atoms with Gasteiger partial charge in [-0.1, -0.05) is 6.07 Å². The van der Waals surface area contributed by atoms with E-state index in [4.69, 9.17) is 9.29 Å². The summed E-state index contributed by atoms with van der Waals surface area (Å²) in [6.45, 7) is 6.80. The van der Waals surface area contributed by atoms with Crippen molar-refractivity contribution in [2.24, 2.45) is 0 Å². The molecule has 3 saturated heterocycles. The fraction of sp³-hybridized carbons (Fsp3) is 0.636. The molecule has 13 nitrogen and oxygen atoms in total. The Labute approximate surface area is 209 Å². The molecule has 2 bridgehead atoms. The van der Waals surface area contributed by atoms with Gasteiger partial charge in [-0.15, -0.1) is 4.28 Å². The molecule has 0 saturated carbocycles. The fourth-order valence-electron chi connectivity index (χ4n) is 4.76. The van der Waals surface area contributed by atoms with Crippen molar-refractivity contribution in [2.75, 3.05) is 25.0 Å². The first-order valence-corrected chi connectivity index (χ1v) is 13.2. The van der Waals surface area contributed by atoms with Gasteiger partial charge in [-0.3, -0.25) is 9.35 Å². The number of hydrogen-bond donors (Lipinski definition) is 2. The van der Waals surface area contributed by atoms with E-state index in [9.17, 15) is 22.8 Å².